The molecule has 0 aliphatic rings. The Hall–Kier alpha value is -1.30. The highest BCUT2D eigenvalue weighted by molar-refractivity contribution is 7.92. The van der Waals surface area contributed by atoms with Crippen LogP contribution in [0.1, 0.15) is 37.0 Å². The van der Waals surface area contributed by atoms with Gasteiger partial charge < -0.3 is 0 Å². The van der Waals surface area contributed by atoms with Crippen molar-refractivity contribution in [1.29, 1.82) is 0 Å². The molecule has 0 saturated carbocycles. The molecule has 0 aliphatic carbocycles. The first-order valence-corrected chi connectivity index (χ1v) is 7.72. The van der Waals surface area contributed by atoms with Gasteiger partial charge in [-0.05, 0) is 25.5 Å². The number of Topliss-reactive ketones (excluding diaryl/α,β-unsaturated/α-hetero) is 1. The normalized spacial score (nSPS) is 13.3. The number of halogens is 2. The number of hydrogen-bond donors (Lipinski definition) is 0. The van der Waals surface area contributed by atoms with Crippen molar-refractivity contribution in [2.45, 2.75) is 31.9 Å². The van der Waals surface area contributed by atoms with Crippen LogP contribution in [0.15, 0.2) is 18.2 Å². The molecule has 0 N–H and O–H groups in total. The maximum absolute atomic E-state index is 13.4. The fraction of sp³-hybridized carbons (Fsp3) is 0.462. The van der Waals surface area contributed by atoms with E-state index < -0.39 is 38.1 Å². The molecule has 0 fully saturated rings. The molecule has 0 aliphatic heterocycles. The van der Waals surface area contributed by atoms with Crippen molar-refractivity contribution in [3.05, 3.63) is 35.4 Å². The molecule has 6 heteroatoms. The van der Waals surface area contributed by atoms with Crippen LogP contribution in [0.4, 0.5) is 8.78 Å². The molecule has 3 nitrogen and oxygen atoms in total. The molecule has 1 rings (SSSR count). The maximum atomic E-state index is 13.4. The van der Waals surface area contributed by atoms with Gasteiger partial charge in [-0.1, -0.05) is 13.3 Å². The zero-order valence-electron chi connectivity index (χ0n) is 10.8. The highest BCUT2D eigenvalue weighted by Gasteiger charge is 2.29. The Morgan fingerprint density at radius 1 is 1.32 bits per heavy atom. The topological polar surface area (TPSA) is 51.2 Å². The lowest BCUT2D eigenvalue weighted by molar-refractivity contribution is 0.0987. The van der Waals surface area contributed by atoms with Gasteiger partial charge in [-0.25, -0.2) is 17.2 Å². The van der Waals surface area contributed by atoms with E-state index >= 15 is 0 Å². The van der Waals surface area contributed by atoms with Gasteiger partial charge in [0.15, 0.2) is 15.6 Å². The standard InChI is InChI=1S/C13H16F2O3S/c1-3-4-7-19(17,18)9(2)13(16)11-6-5-10(14)8-12(11)15/h5-6,8-9H,3-4,7H2,1-2H3. The lowest BCUT2D eigenvalue weighted by atomic mass is 10.1. The summed E-state index contributed by atoms with van der Waals surface area (Å²) in [5, 5.41) is -1.32. The predicted molar refractivity (Wildman–Crippen MR) is 68.8 cm³/mol. The van der Waals surface area contributed by atoms with E-state index in [4.69, 9.17) is 0 Å². The summed E-state index contributed by atoms with van der Waals surface area (Å²) in [6, 6.07) is 2.47. The molecular weight excluding hydrogens is 274 g/mol. The van der Waals surface area contributed by atoms with Crippen molar-refractivity contribution < 1.29 is 22.0 Å². The summed E-state index contributed by atoms with van der Waals surface area (Å²) in [6.45, 7) is 3.07. The second kappa shape index (κ2) is 6.23. The van der Waals surface area contributed by atoms with Gasteiger partial charge in [-0.2, -0.15) is 0 Å². The van der Waals surface area contributed by atoms with E-state index in [0.29, 0.717) is 18.9 Å². The van der Waals surface area contributed by atoms with E-state index in [2.05, 4.69) is 0 Å². The average Bonchev–Trinajstić information content (AvgIpc) is 2.34. The lowest BCUT2D eigenvalue weighted by Crippen LogP contribution is -2.30. The number of carbonyl (C=O) groups is 1. The van der Waals surface area contributed by atoms with E-state index in [1.165, 1.54) is 6.92 Å². The molecule has 0 heterocycles. The maximum Gasteiger partial charge on any atom is 0.183 e. The van der Waals surface area contributed by atoms with Gasteiger partial charge in [0.25, 0.3) is 0 Å². The number of unbranched alkanes of at least 4 members (excludes halogenated alkanes) is 1. The van der Waals surface area contributed by atoms with E-state index in [1.54, 1.807) is 0 Å². The van der Waals surface area contributed by atoms with Gasteiger partial charge in [-0.15, -0.1) is 0 Å². The minimum atomic E-state index is -3.61. The number of benzene rings is 1. The van der Waals surface area contributed by atoms with Gasteiger partial charge in [0.05, 0.1) is 11.3 Å². The highest BCUT2D eigenvalue weighted by atomic mass is 32.2. The Labute approximate surface area is 111 Å². The highest BCUT2D eigenvalue weighted by Crippen LogP contribution is 2.16. The molecule has 1 aromatic carbocycles. The summed E-state index contributed by atoms with van der Waals surface area (Å²) in [4.78, 5) is 11.9. The van der Waals surface area contributed by atoms with E-state index in [-0.39, 0.29) is 5.75 Å². The Bertz CT molecular complexity index is 567. The fourth-order valence-electron chi connectivity index (χ4n) is 1.59. The summed E-state index contributed by atoms with van der Waals surface area (Å²) in [6.07, 6.45) is 1.14. The van der Waals surface area contributed by atoms with Gasteiger partial charge in [0.1, 0.15) is 16.9 Å². The predicted octanol–water partition coefficient (Wildman–Crippen LogP) is 2.75. The third-order valence-electron chi connectivity index (χ3n) is 2.89. The summed E-state index contributed by atoms with van der Waals surface area (Å²) >= 11 is 0. The second-order valence-corrected chi connectivity index (χ2v) is 6.79. The fourth-order valence-corrected chi connectivity index (χ4v) is 3.09. The van der Waals surface area contributed by atoms with Gasteiger partial charge in [-0.3, -0.25) is 4.79 Å². The Kier molecular flexibility index (Phi) is 5.17. The SMILES string of the molecule is CCCCS(=O)(=O)C(C)C(=O)c1ccc(F)cc1F. The summed E-state index contributed by atoms with van der Waals surface area (Å²) < 4.78 is 49.9. The molecule has 19 heavy (non-hydrogen) atoms. The third kappa shape index (κ3) is 3.83. The Morgan fingerprint density at radius 3 is 2.47 bits per heavy atom. The molecule has 0 saturated heterocycles. The van der Waals surface area contributed by atoms with Crippen molar-refractivity contribution in [2.75, 3.05) is 5.75 Å². The van der Waals surface area contributed by atoms with Crippen LogP contribution in [0.3, 0.4) is 0 Å². The third-order valence-corrected chi connectivity index (χ3v) is 5.04. The molecule has 1 atom stereocenters. The van der Waals surface area contributed by atoms with Crippen molar-refractivity contribution in [3.8, 4) is 0 Å². The minimum Gasteiger partial charge on any atom is -0.293 e. The van der Waals surface area contributed by atoms with Crippen LogP contribution in [0.2, 0.25) is 0 Å². The van der Waals surface area contributed by atoms with Crippen LogP contribution in [0.5, 0.6) is 0 Å². The largest absolute Gasteiger partial charge is 0.293 e. The van der Waals surface area contributed by atoms with Gasteiger partial charge in [0, 0.05) is 6.07 Å². The smallest absolute Gasteiger partial charge is 0.183 e. The monoisotopic (exact) mass is 290 g/mol. The summed E-state index contributed by atoms with van der Waals surface area (Å²) in [7, 11) is -3.61. The van der Waals surface area contributed by atoms with Crippen molar-refractivity contribution in [2.24, 2.45) is 0 Å². The molecule has 0 spiro atoms. The van der Waals surface area contributed by atoms with Crippen LogP contribution in [-0.2, 0) is 9.84 Å². The Morgan fingerprint density at radius 2 is 1.95 bits per heavy atom. The quantitative estimate of drug-likeness (QED) is 0.757. The number of hydrogen-bond acceptors (Lipinski definition) is 3. The number of carbonyl (C=O) groups excluding carboxylic acids is 1. The van der Waals surface area contributed by atoms with Crippen molar-refractivity contribution in [3.63, 3.8) is 0 Å². The van der Waals surface area contributed by atoms with Crippen molar-refractivity contribution >= 4 is 15.6 Å². The zero-order chi connectivity index (χ0) is 14.6. The molecule has 1 unspecified atom stereocenters. The Balaban J connectivity index is 3.00. The molecule has 0 aromatic heterocycles. The minimum absolute atomic E-state index is 0.112. The summed E-state index contributed by atoms with van der Waals surface area (Å²) in [5.41, 5.74) is -0.394. The first-order chi connectivity index (χ1) is 8.79. The van der Waals surface area contributed by atoms with E-state index in [1.807, 2.05) is 6.92 Å². The van der Waals surface area contributed by atoms with Gasteiger partial charge in [0.2, 0.25) is 0 Å². The zero-order valence-corrected chi connectivity index (χ0v) is 11.6. The number of sulfone groups is 1. The van der Waals surface area contributed by atoms with Crippen LogP contribution < -0.4 is 0 Å². The van der Waals surface area contributed by atoms with Crippen molar-refractivity contribution in [1.82, 2.24) is 0 Å². The van der Waals surface area contributed by atoms with Crippen LogP contribution >= 0.6 is 0 Å². The molecule has 0 bridgehead atoms. The molecular formula is C13H16F2O3S. The molecule has 0 amide bonds. The molecule has 0 radical (unpaired) electrons. The lowest BCUT2D eigenvalue weighted by Gasteiger charge is -2.12. The van der Waals surface area contributed by atoms with E-state index in [0.717, 1.165) is 12.1 Å². The summed E-state index contributed by atoms with van der Waals surface area (Å²) in [5.74, 6) is -2.80. The van der Waals surface area contributed by atoms with Crippen LogP contribution in [0.25, 0.3) is 0 Å². The first kappa shape index (κ1) is 15.8. The molecule has 1 aromatic rings. The van der Waals surface area contributed by atoms with Crippen LogP contribution in [0, 0.1) is 11.6 Å². The van der Waals surface area contributed by atoms with Gasteiger partial charge >= 0.3 is 0 Å². The van der Waals surface area contributed by atoms with E-state index in [9.17, 15) is 22.0 Å². The second-order valence-electron chi connectivity index (χ2n) is 4.35. The molecule has 106 valence electrons. The first-order valence-electron chi connectivity index (χ1n) is 6.00. The average molecular weight is 290 g/mol. The number of ketones is 1. The van der Waals surface area contributed by atoms with Crippen LogP contribution in [-0.4, -0.2) is 25.2 Å². The number of rotatable bonds is 6.